The van der Waals surface area contributed by atoms with Crippen LogP contribution in [-0.2, 0) is 9.53 Å². The smallest absolute Gasteiger partial charge is 0.246 e. The van der Waals surface area contributed by atoms with Crippen molar-refractivity contribution in [3.63, 3.8) is 0 Å². The average molecular weight is 403 g/mol. The van der Waals surface area contributed by atoms with Gasteiger partial charge < -0.3 is 15.0 Å². The molecule has 150 valence electrons. The van der Waals surface area contributed by atoms with Crippen LogP contribution in [0.25, 0.3) is 11.3 Å². The molecular weight excluding hydrogens is 376 g/mol. The summed E-state index contributed by atoms with van der Waals surface area (Å²) in [5.74, 6) is 0.850. The molecule has 0 unspecified atom stereocenters. The number of anilines is 1. The lowest BCUT2D eigenvalue weighted by Gasteiger charge is -2.32. The van der Waals surface area contributed by atoms with E-state index >= 15 is 0 Å². The Bertz CT molecular complexity index is 807. The van der Waals surface area contributed by atoms with Gasteiger partial charge in [0, 0.05) is 37.6 Å². The molecule has 6 nitrogen and oxygen atoms in total. The summed E-state index contributed by atoms with van der Waals surface area (Å²) in [6.07, 6.45) is 6.23. The molecular formula is C21H27ClN4O2. The van der Waals surface area contributed by atoms with E-state index in [-0.39, 0.29) is 18.6 Å². The molecule has 0 radical (unpaired) electrons. The number of amides is 1. The van der Waals surface area contributed by atoms with Gasteiger partial charge in [-0.2, -0.15) is 0 Å². The van der Waals surface area contributed by atoms with Gasteiger partial charge in [0.15, 0.2) is 0 Å². The van der Waals surface area contributed by atoms with Gasteiger partial charge in [-0.15, -0.1) is 0 Å². The second-order valence-electron chi connectivity index (χ2n) is 7.04. The second-order valence-corrected chi connectivity index (χ2v) is 7.45. The molecule has 28 heavy (non-hydrogen) atoms. The van der Waals surface area contributed by atoms with Crippen LogP contribution in [0.15, 0.2) is 30.6 Å². The van der Waals surface area contributed by atoms with E-state index in [4.69, 9.17) is 16.3 Å². The third-order valence-electron chi connectivity index (χ3n) is 4.89. The number of aromatic nitrogens is 2. The predicted molar refractivity (Wildman–Crippen MR) is 112 cm³/mol. The Morgan fingerprint density at radius 2 is 2.14 bits per heavy atom. The summed E-state index contributed by atoms with van der Waals surface area (Å²) in [5, 5.41) is 3.43. The van der Waals surface area contributed by atoms with Gasteiger partial charge in [0.2, 0.25) is 5.91 Å². The number of carbonyl (C=O) groups is 1. The molecule has 0 aliphatic carbocycles. The van der Waals surface area contributed by atoms with Crippen LogP contribution in [-0.4, -0.2) is 48.2 Å². The van der Waals surface area contributed by atoms with Crippen molar-refractivity contribution >= 4 is 23.3 Å². The summed E-state index contributed by atoms with van der Waals surface area (Å²) in [5.41, 5.74) is 2.86. The Morgan fingerprint density at radius 1 is 1.36 bits per heavy atom. The zero-order valence-electron chi connectivity index (χ0n) is 16.4. The third kappa shape index (κ3) is 5.20. The number of hydrogen-bond acceptors (Lipinski definition) is 5. The first kappa shape index (κ1) is 20.6. The van der Waals surface area contributed by atoms with Gasteiger partial charge in [0.1, 0.15) is 12.4 Å². The summed E-state index contributed by atoms with van der Waals surface area (Å²) in [7, 11) is 0. The Kier molecular flexibility index (Phi) is 7.23. The van der Waals surface area contributed by atoms with E-state index in [9.17, 15) is 4.79 Å². The number of pyridine rings is 2. The van der Waals surface area contributed by atoms with Crippen molar-refractivity contribution < 1.29 is 9.53 Å². The highest BCUT2D eigenvalue weighted by molar-refractivity contribution is 6.33. The molecule has 0 atom stereocenters. The van der Waals surface area contributed by atoms with Crippen LogP contribution in [0.5, 0.6) is 0 Å². The molecule has 0 spiro atoms. The fourth-order valence-corrected chi connectivity index (χ4v) is 3.50. The Labute approximate surface area is 171 Å². The summed E-state index contributed by atoms with van der Waals surface area (Å²) >= 11 is 6.39. The third-order valence-corrected chi connectivity index (χ3v) is 5.19. The van der Waals surface area contributed by atoms with Crippen molar-refractivity contribution in [2.24, 2.45) is 0 Å². The predicted octanol–water partition coefficient (Wildman–Crippen LogP) is 3.62. The van der Waals surface area contributed by atoms with E-state index in [1.807, 2.05) is 32.0 Å². The van der Waals surface area contributed by atoms with Crippen molar-refractivity contribution in [3.8, 4) is 11.3 Å². The highest BCUT2D eigenvalue weighted by Crippen LogP contribution is 2.31. The van der Waals surface area contributed by atoms with E-state index < -0.39 is 0 Å². The minimum atomic E-state index is -0.0426. The van der Waals surface area contributed by atoms with Gasteiger partial charge in [-0.3, -0.25) is 9.78 Å². The topological polar surface area (TPSA) is 67.3 Å². The minimum Gasteiger partial charge on any atom is -0.368 e. The maximum absolute atomic E-state index is 11.7. The molecule has 1 fully saturated rings. The zero-order chi connectivity index (χ0) is 19.9. The number of hydrogen-bond donors (Lipinski definition) is 1. The van der Waals surface area contributed by atoms with Crippen molar-refractivity contribution in [1.82, 2.24) is 15.3 Å². The highest BCUT2D eigenvalue weighted by atomic mass is 35.5. The molecule has 1 amide bonds. The first-order valence-electron chi connectivity index (χ1n) is 9.79. The summed E-state index contributed by atoms with van der Waals surface area (Å²) < 4.78 is 5.76. The van der Waals surface area contributed by atoms with Gasteiger partial charge in [-0.05, 0) is 43.9 Å². The van der Waals surface area contributed by atoms with E-state index in [1.54, 1.807) is 12.4 Å². The SMILES string of the molecule is CCCNC(=O)COC1CCN(c2cc(-c3ncccc3C)c(Cl)cn2)CC1. The number of carbonyl (C=O) groups excluding carboxylic acids is 1. The molecule has 2 aromatic heterocycles. The van der Waals surface area contributed by atoms with E-state index in [0.29, 0.717) is 11.6 Å². The maximum atomic E-state index is 11.7. The van der Waals surface area contributed by atoms with Crippen LogP contribution in [0.1, 0.15) is 31.7 Å². The maximum Gasteiger partial charge on any atom is 0.246 e. The van der Waals surface area contributed by atoms with Crippen LogP contribution in [0, 0.1) is 6.92 Å². The lowest BCUT2D eigenvalue weighted by molar-refractivity contribution is -0.128. The number of piperidine rings is 1. The molecule has 2 aromatic rings. The van der Waals surface area contributed by atoms with Gasteiger partial charge in [0.25, 0.3) is 0 Å². The van der Waals surface area contributed by atoms with Gasteiger partial charge >= 0.3 is 0 Å². The first-order valence-corrected chi connectivity index (χ1v) is 10.2. The quantitative estimate of drug-likeness (QED) is 0.766. The second kappa shape index (κ2) is 9.85. The zero-order valence-corrected chi connectivity index (χ0v) is 17.2. The normalized spacial score (nSPS) is 14.9. The van der Waals surface area contributed by atoms with E-state index in [0.717, 1.165) is 55.0 Å². The van der Waals surface area contributed by atoms with Crippen molar-refractivity contribution in [2.75, 3.05) is 31.1 Å². The number of aryl methyl sites for hydroxylation is 1. The molecule has 0 bridgehead atoms. The number of nitrogens with zero attached hydrogens (tertiary/aromatic N) is 3. The molecule has 0 saturated carbocycles. The number of halogens is 1. The molecule has 0 aromatic carbocycles. The van der Waals surface area contributed by atoms with Crippen LogP contribution in [0.2, 0.25) is 5.02 Å². The van der Waals surface area contributed by atoms with Crippen LogP contribution < -0.4 is 10.2 Å². The standard InChI is InChI=1S/C21H27ClN4O2/c1-3-8-23-20(27)14-28-16-6-10-26(11-7-16)19-12-17(18(22)13-25-19)21-15(2)5-4-9-24-21/h4-5,9,12-13,16H,3,6-8,10-11,14H2,1-2H3,(H,23,27). The molecule has 1 N–H and O–H groups in total. The van der Waals surface area contributed by atoms with Crippen molar-refractivity contribution in [1.29, 1.82) is 0 Å². The number of rotatable bonds is 7. The number of ether oxygens (including phenoxy) is 1. The monoisotopic (exact) mass is 402 g/mol. The van der Waals surface area contributed by atoms with Crippen LogP contribution >= 0.6 is 11.6 Å². The molecule has 3 rings (SSSR count). The van der Waals surface area contributed by atoms with E-state index in [1.165, 1.54) is 0 Å². The Morgan fingerprint density at radius 3 is 2.86 bits per heavy atom. The van der Waals surface area contributed by atoms with Crippen molar-refractivity contribution in [2.45, 2.75) is 39.2 Å². The molecule has 3 heterocycles. The fraction of sp³-hybridized carbons (Fsp3) is 0.476. The van der Waals surface area contributed by atoms with Gasteiger partial charge in [-0.25, -0.2) is 4.98 Å². The molecule has 1 saturated heterocycles. The summed E-state index contributed by atoms with van der Waals surface area (Å²) in [4.78, 5) is 22.9. The highest BCUT2D eigenvalue weighted by Gasteiger charge is 2.22. The van der Waals surface area contributed by atoms with Gasteiger partial charge in [-0.1, -0.05) is 24.6 Å². The van der Waals surface area contributed by atoms with Crippen molar-refractivity contribution in [3.05, 3.63) is 41.2 Å². The summed E-state index contributed by atoms with van der Waals surface area (Å²) in [6.45, 7) is 6.54. The minimum absolute atomic E-state index is 0.0426. The average Bonchev–Trinajstić information content (AvgIpc) is 2.72. The summed E-state index contributed by atoms with van der Waals surface area (Å²) in [6, 6.07) is 5.96. The molecule has 7 heteroatoms. The molecule has 1 aliphatic heterocycles. The van der Waals surface area contributed by atoms with Crippen LogP contribution in [0.3, 0.4) is 0 Å². The largest absolute Gasteiger partial charge is 0.368 e. The van der Waals surface area contributed by atoms with Crippen LogP contribution in [0.4, 0.5) is 5.82 Å². The van der Waals surface area contributed by atoms with E-state index in [2.05, 4.69) is 20.2 Å². The molecule has 1 aliphatic rings. The fourth-order valence-electron chi connectivity index (χ4n) is 3.31. The lowest BCUT2D eigenvalue weighted by Crippen LogP contribution is -2.39. The first-order chi connectivity index (χ1) is 13.6. The lowest BCUT2D eigenvalue weighted by atomic mass is 10.1. The Hall–Kier alpha value is -2.18. The Balaban J connectivity index is 1.60. The van der Waals surface area contributed by atoms with Gasteiger partial charge in [0.05, 0.1) is 16.8 Å². The number of nitrogens with one attached hydrogen (secondary N) is 1.